The molecule has 0 aromatic heterocycles. The zero-order valence-electron chi connectivity index (χ0n) is 13.9. The van der Waals surface area contributed by atoms with Crippen molar-refractivity contribution >= 4 is 46.8 Å². The Hall–Kier alpha value is -0.910. The quantitative estimate of drug-likeness (QED) is 0.696. The number of ether oxygens (including phenoxy) is 1. The number of esters is 1. The summed E-state index contributed by atoms with van der Waals surface area (Å²) in [6, 6.07) is 4.19. The van der Waals surface area contributed by atoms with Crippen molar-refractivity contribution in [3.8, 4) is 0 Å². The molecule has 0 radical (unpaired) electrons. The van der Waals surface area contributed by atoms with Crippen LogP contribution in [0.5, 0.6) is 0 Å². The Bertz CT molecular complexity index is 624. The van der Waals surface area contributed by atoms with Crippen LogP contribution in [0.15, 0.2) is 18.2 Å². The lowest BCUT2D eigenvalue weighted by molar-refractivity contribution is -0.148. The van der Waals surface area contributed by atoms with Gasteiger partial charge in [-0.25, -0.2) is 4.79 Å². The molecule has 2 atom stereocenters. The highest BCUT2D eigenvalue weighted by atomic mass is 35.5. The first kappa shape index (κ1) is 19.4. The fourth-order valence-electron chi connectivity index (χ4n) is 2.56. The van der Waals surface area contributed by atoms with Crippen LogP contribution in [-0.4, -0.2) is 40.6 Å². The molecule has 0 spiro atoms. The Kier molecular flexibility index (Phi) is 6.84. The molecule has 1 aliphatic rings. The van der Waals surface area contributed by atoms with Crippen LogP contribution in [0.3, 0.4) is 0 Å². The first-order valence-corrected chi connectivity index (χ1v) is 9.73. The zero-order valence-corrected chi connectivity index (χ0v) is 16.2. The van der Waals surface area contributed by atoms with Crippen molar-refractivity contribution in [3.05, 3.63) is 33.8 Å². The maximum atomic E-state index is 13.0. The molecule has 1 fully saturated rings. The van der Waals surface area contributed by atoms with Gasteiger partial charge in [0.2, 0.25) is 0 Å². The SMILES string of the molecule is CCCOC(=O)[C@H]1CS[C@H](C(C)C)N1C(=O)c1ccc(Cl)c(Cl)c1. The van der Waals surface area contributed by atoms with Crippen molar-refractivity contribution in [1.29, 1.82) is 0 Å². The van der Waals surface area contributed by atoms with Crippen LogP contribution in [0.4, 0.5) is 0 Å². The molecule has 0 aliphatic carbocycles. The molecule has 0 saturated carbocycles. The monoisotopic (exact) mass is 389 g/mol. The number of thioether (sulfide) groups is 1. The number of halogens is 2. The van der Waals surface area contributed by atoms with Crippen molar-refractivity contribution in [2.45, 2.75) is 38.6 Å². The van der Waals surface area contributed by atoms with Crippen LogP contribution in [0.1, 0.15) is 37.6 Å². The van der Waals surface area contributed by atoms with E-state index in [9.17, 15) is 9.59 Å². The number of rotatable bonds is 5. The third kappa shape index (κ3) is 4.19. The third-order valence-corrected chi connectivity index (χ3v) is 6.09. The normalized spacial score (nSPS) is 20.5. The maximum absolute atomic E-state index is 13.0. The van der Waals surface area contributed by atoms with Crippen LogP contribution in [-0.2, 0) is 9.53 Å². The topological polar surface area (TPSA) is 46.6 Å². The van der Waals surface area contributed by atoms with E-state index in [4.69, 9.17) is 27.9 Å². The maximum Gasteiger partial charge on any atom is 0.329 e. The number of carbonyl (C=O) groups is 2. The van der Waals surface area contributed by atoms with E-state index in [1.807, 2.05) is 20.8 Å². The molecule has 132 valence electrons. The van der Waals surface area contributed by atoms with Gasteiger partial charge < -0.3 is 9.64 Å². The number of hydrogen-bond acceptors (Lipinski definition) is 4. The van der Waals surface area contributed by atoms with Gasteiger partial charge in [0.1, 0.15) is 6.04 Å². The minimum absolute atomic E-state index is 0.0777. The molecule has 1 heterocycles. The smallest absolute Gasteiger partial charge is 0.329 e. The van der Waals surface area contributed by atoms with E-state index >= 15 is 0 Å². The average molecular weight is 390 g/mol. The van der Waals surface area contributed by atoms with Gasteiger partial charge in [-0.15, -0.1) is 11.8 Å². The summed E-state index contributed by atoms with van der Waals surface area (Å²) in [6.45, 7) is 6.37. The lowest BCUT2D eigenvalue weighted by Gasteiger charge is -2.30. The van der Waals surface area contributed by atoms with Gasteiger partial charge in [0.05, 0.1) is 22.0 Å². The number of nitrogens with zero attached hydrogens (tertiary/aromatic N) is 1. The largest absolute Gasteiger partial charge is 0.464 e. The number of benzene rings is 1. The van der Waals surface area contributed by atoms with Gasteiger partial charge in [0, 0.05) is 11.3 Å². The summed E-state index contributed by atoms with van der Waals surface area (Å²) in [6.07, 6.45) is 0.750. The van der Waals surface area contributed by atoms with Crippen LogP contribution in [0.25, 0.3) is 0 Å². The van der Waals surface area contributed by atoms with E-state index in [1.165, 1.54) is 0 Å². The highest BCUT2D eigenvalue weighted by molar-refractivity contribution is 8.00. The molecule has 0 unspecified atom stereocenters. The van der Waals surface area contributed by atoms with Gasteiger partial charge in [-0.3, -0.25) is 4.79 Å². The number of hydrogen-bond donors (Lipinski definition) is 0. The minimum atomic E-state index is -0.573. The van der Waals surface area contributed by atoms with Gasteiger partial charge >= 0.3 is 5.97 Å². The van der Waals surface area contributed by atoms with Crippen molar-refractivity contribution in [1.82, 2.24) is 4.90 Å². The van der Waals surface area contributed by atoms with Crippen LogP contribution in [0.2, 0.25) is 10.0 Å². The third-order valence-electron chi connectivity index (χ3n) is 3.73. The molecule has 7 heteroatoms. The van der Waals surface area contributed by atoms with Crippen LogP contribution in [0, 0.1) is 5.92 Å². The molecule has 1 aromatic carbocycles. The Morgan fingerprint density at radius 2 is 2.04 bits per heavy atom. The second kappa shape index (κ2) is 8.45. The predicted octanol–water partition coefficient (Wildman–Crippen LogP) is 4.49. The lowest BCUT2D eigenvalue weighted by atomic mass is 10.1. The van der Waals surface area contributed by atoms with Crippen molar-refractivity contribution in [2.75, 3.05) is 12.4 Å². The molecule has 0 N–H and O–H groups in total. The van der Waals surface area contributed by atoms with E-state index in [0.29, 0.717) is 28.0 Å². The van der Waals surface area contributed by atoms with Gasteiger partial charge in [-0.1, -0.05) is 44.0 Å². The lowest BCUT2D eigenvalue weighted by Crippen LogP contribution is -2.47. The molecular formula is C17H21Cl2NO3S. The Morgan fingerprint density at radius 1 is 1.33 bits per heavy atom. The van der Waals surface area contributed by atoms with E-state index in [0.717, 1.165) is 6.42 Å². The van der Waals surface area contributed by atoms with Crippen molar-refractivity contribution < 1.29 is 14.3 Å². The first-order valence-electron chi connectivity index (χ1n) is 7.92. The van der Waals surface area contributed by atoms with E-state index in [-0.39, 0.29) is 23.2 Å². The summed E-state index contributed by atoms with van der Waals surface area (Å²) in [5.41, 5.74) is 0.422. The first-order chi connectivity index (χ1) is 11.4. The highest BCUT2D eigenvalue weighted by Crippen LogP contribution is 2.36. The van der Waals surface area contributed by atoms with E-state index < -0.39 is 6.04 Å². The van der Waals surface area contributed by atoms with Crippen molar-refractivity contribution in [3.63, 3.8) is 0 Å². The summed E-state index contributed by atoms with van der Waals surface area (Å²) in [4.78, 5) is 27.0. The van der Waals surface area contributed by atoms with E-state index in [1.54, 1.807) is 34.9 Å². The summed E-state index contributed by atoms with van der Waals surface area (Å²) in [5.74, 6) is 0.181. The zero-order chi connectivity index (χ0) is 17.9. The summed E-state index contributed by atoms with van der Waals surface area (Å²) in [7, 11) is 0. The standard InChI is InChI=1S/C17H21Cl2NO3S/c1-4-7-23-17(22)14-9-24-16(10(2)3)20(14)15(21)11-5-6-12(18)13(19)8-11/h5-6,8,10,14,16H,4,7,9H2,1-3H3/t14-,16-/m1/s1. The molecule has 2 rings (SSSR count). The summed E-state index contributed by atoms with van der Waals surface area (Å²) in [5, 5.41) is 0.634. The van der Waals surface area contributed by atoms with Gasteiger partial charge in [-0.2, -0.15) is 0 Å². The molecule has 0 bridgehead atoms. The molecule has 1 aliphatic heterocycles. The van der Waals surface area contributed by atoms with Crippen LogP contribution < -0.4 is 0 Å². The fraction of sp³-hybridized carbons (Fsp3) is 0.529. The Labute approximate surface area is 156 Å². The summed E-state index contributed by atoms with van der Waals surface area (Å²) >= 11 is 13.6. The van der Waals surface area contributed by atoms with Gasteiger partial charge in [0.25, 0.3) is 5.91 Å². The Morgan fingerprint density at radius 3 is 2.62 bits per heavy atom. The average Bonchev–Trinajstić information content (AvgIpc) is 2.99. The second-order valence-corrected chi connectivity index (χ2v) is 7.96. The number of amides is 1. The van der Waals surface area contributed by atoms with Crippen LogP contribution >= 0.6 is 35.0 Å². The highest BCUT2D eigenvalue weighted by Gasteiger charge is 2.43. The molecule has 24 heavy (non-hydrogen) atoms. The fourth-order valence-corrected chi connectivity index (χ4v) is 4.32. The minimum Gasteiger partial charge on any atom is -0.464 e. The molecule has 1 saturated heterocycles. The molecule has 4 nitrogen and oxygen atoms in total. The van der Waals surface area contributed by atoms with Gasteiger partial charge in [-0.05, 0) is 30.5 Å². The van der Waals surface area contributed by atoms with Crippen molar-refractivity contribution in [2.24, 2.45) is 5.92 Å². The molecule has 1 aromatic rings. The summed E-state index contributed by atoms with van der Waals surface area (Å²) < 4.78 is 5.27. The van der Waals surface area contributed by atoms with E-state index in [2.05, 4.69) is 0 Å². The molecular weight excluding hydrogens is 369 g/mol. The Balaban J connectivity index is 2.29. The number of carbonyl (C=O) groups excluding carboxylic acids is 2. The molecule has 1 amide bonds. The second-order valence-electron chi connectivity index (χ2n) is 5.99. The van der Waals surface area contributed by atoms with Gasteiger partial charge in [0.15, 0.2) is 0 Å². The predicted molar refractivity (Wildman–Crippen MR) is 98.8 cm³/mol.